The van der Waals surface area contributed by atoms with E-state index in [2.05, 4.69) is 12.2 Å². The molecule has 0 saturated carbocycles. The summed E-state index contributed by atoms with van der Waals surface area (Å²) in [6.07, 6.45) is 14.3. The van der Waals surface area contributed by atoms with Crippen LogP contribution in [-0.2, 0) is 30.4 Å². The van der Waals surface area contributed by atoms with Gasteiger partial charge in [-0.05, 0) is 67.6 Å². The van der Waals surface area contributed by atoms with E-state index in [1.165, 1.54) is 49.8 Å². The molecule has 5 N–H and O–H groups in total. The van der Waals surface area contributed by atoms with Crippen molar-refractivity contribution in [3.05, 3.63) is 47.5 Å². The number of amides is 2. The molecule has 0 aliphatic carbocycles. The van der Waals surface area contributed by atoms with Gasteiger partial charge in [-0.25, -0.2) is 0 Å². The molecule has 12 nitrogen and oxygen atoms in total. The average molecular weight is 844 g/mol. The molecule has 0 fully saturated rings. The van der Waals surface area contributed by atoms with E-state index in [1.807, 2.05) is 37.3 Å². The summed E-state index contributed by atoms with van der Waals surface area (Å²) in [6, 6.07) is 10.8. The lowest BCUT2D eigenvalue weighted by Crippen LogP contribution is -2.46. The molecule has 0 unspecified atom stereocenters. The van der Waals surface area contributed by atoms with Gasteiger partial charge in [-0.2, -0.15) is 5.26 Å². The number of nitrogens with zero attached hydrogens (tertiary/aromatic N) is 2. The van der Waals surface area contributed by atoms with E-state index >= 15 is 0 Å². The van der Waals surface area contributed by atoms with Crippen LogP contribution in [0.1, 0.15) is 154 Å². The molecule has 1 aliphatic rings. The van der Waals surface area contributed by atoms with E-state index in [0.29, 0.717) is 41.2 Å². The SMILES string of the molecule is CCCCCCCCCCCCCC(=O)C[C@@H](CCN)C(=O)N(C)[C@@H]1C(=O)C[C@@H](C)C(=O)N[C@H](C(=O)CCC#N)Cc2ccc(OCCC)c(c2)-c2cc1ccc2OCCN. The molecule has 12 heteroatoms. The van der Waals surface area contributed by atoms with Crippen molar-refractivity contribution in [1.29, 1.82) is 5.26 Å². The van der Waals surface area contributed by atoms with Gasteiger partial charge in [0.25, 0.3) is 0 Å². The number of ketones is 3. The van der Waals surface area contributed by atoms with Crippen LogP contribution >= 0.6 is 0 Å². The van der Waals surface area contributed by atoms with Crippen LogP contribution in [0.5, 0.6) is 11.5 Å². The molecule has 2 aromatic carbocycles. The molecule has 2 amide bonds. The zero-order valence-electron chi connectivity index (χ0n) is 37.4. The number of carbonyl (C=O) groups is 5. The fourth-order valence-electron chi connectivity index (χ4n) is 8.05. The number of carbonyl (C=O) groups excluding carboxylic acids is 5. The summed E-state index contributed by atoms with van der Waals surface area (Å²) in [6.45, 7) is 6.92. The Hall–Kier alpha value is -4.60. The number of hydrogen-bond donors (Lipinski definition) is 3. The molecule has 1 heterocycles. The molecule has 0 spiro atoms. The third-order valence-electron chi connectivity index (χ3n) is 11.5. The molecule has 3 rings (SSSR count). The molecule has 1 aliphatic heterocycles. The number of nitrogens with one attached hydrogen (secondary N) is 1. The summed E-state index contributed by atoms with van der Waals surface area (Å²) >= 11 is 0. The van der Waals surface area contributed by atoms with E-state index < -0.39 is 29.8 Å². The lowest BCUT2D eigenvalue weighted by molar-refractivity contribution is -0.143. The zero-order valence-corrected chi connectivity index (χ0v) is 37.4. The Morgan fingerprint density at radius 1 is 0.820 bits per heavy atom. The summed E-state index contributed by atoms with van der Waals surface area (Å²) in [5.74, 6) is -2.11. The Bertz CT molecular complexity index is 1760. The van der Waals surface area contributed by atoms with Gasteiger partial charge in [0.05, 0.1) is 18.7 Å². The molecule has 336 valence electrons. The Balaban J connectivity index is 1.98. The predicted molar refractivity (Wildman–Crippen MR) is 240 cm³/mol. The number of nitrogens with two attached hydrogens (primary N) is 2. The fourth-order valence-corrected chi connectivity index (χ4v) is 8.05. The van der Waals surface area contributed by atoms with Gasteiger partial charge in [-0.1, -0.05) is 97.1 Å². The first-order valence-electron chi connectivity index (χ1n) is 22.9. The standard InChI is InChI=1S/C49H73N5O7/c1-5-7-8-9-10-11-12-13-14-15-16-18-39(55)33-38(24-26-51)49(59)54(4)47-37-21-23-46(61-29-27-52)41(34-37)40-31-36(20-22-45(40)60-28-6-2)32-42(43(56)19-17-25-50)53-48(58)35(3)30-44(47)57/h20-23,31,34-35,38,42,47H,5-19,24,26-30,32-33,51-52H2,1-4H3,(H,53,58)/t35-,38-,42+,47+/m1/s1. The number of unbranched alkanes of at least 4 members (excludes halogenated alkanes) is 10. The minimum Gasteiger partial charge on any atom is -0.493 e. The van der Waals surface area contributed by atoms with E-state index in [0.717, 1.165) is 37.7 Å². The maximum atomic E-state index is 14.6. The number of Topliss-reactive ketones (excluding diaryl/α,β-unsaturated/α-hetero) is 3. The minimum atomic E-state index is -1.13. The molecular weight excluding hydrogens is 771 g/mol. The molecule has 0 aromatic heterocycles. The first-order valence-corrected chi connectivity index (χ1v) is 22.9. The van der Waals surface area contributed by atoms with Crippen molar-refractivity contribution in [3.8, 4) is 28.7 Å². The second-order valence-corrected chi connectivity index (χ2v) is 16.7. The maximum absolute atomic E-state index is 14.6. The maximum Gasteiger partial charge on any atom is 0.226 e. The van der Waals surface area contributed by atoms with E-state index in [-0.39, 0.29) is 81.5 Å². The van der Waals surface area contributed by atoms with Gasteiger partial charge in [-0.3, -0.25) is 24.0 Å². The van der Waals surface area contributed by atoms with Crippen LogP contribution in [0.2, 0.25) is 0 Å². The summed E-state index contributed by atoms with van der Waals surface area (Å²) < 4.78 is 12.4. The minimum absolute atomic E-state index is 0.000744. The number of rotatable bonds is 27. The number of fused-ring (bicyclic) bond motifs is 5. The van der Waals surface area contributed by atoms with Crippen LogP contribution in [0.3, 0.4) is 0 Å². The van der Waals surface area contributed by atoms with Crippen molar-refractivity contribution in [2.45, 2.75) is 155 Å². The summed E-state index contributed by atoms with van der Waals surface area (Å²) in [5, 5.41) is 12.1. The number of hydrogen-bond acceptors (Lipinski definition) is 10. The Morgan fingerprint density at radius 3 is 2.07 bits per heavy atom. The van der Waals surface area contributed by atoms with Gasteiger partial charge < -0.3 is 31.2 Å². The molecule has 4 bridgehead atoms. The number of nitriles is 1. The molecule has 0 radical (unpaired) electrons. The average Bonchev–Trinajstić information content (AvgIpc) is 3.25. The van der Waals surface area contributed by atoms with Gasteiger partial charge in [-0.15, -0.1) is 0 Å². The first kappa shape index (κ1) is 50.8. The van der Waals surface area contributed by atoms with Crippen LogP contribution in [0, 0.1) is 23.2 Å². The number of likely N-dealkylation sites (N-methyl/N-ethyl adjacent to an activating group) is 1. The summed E-state index contributed by atoms with van der Waals surface area (Å²) in [5.41, 5.74) is 14.3. The Morgan fingerprint density at radius 2 is 1.44 bits per heavy atom. The van der Waals surface area contributed by atoms with Gasteiger partial charge >= 0.3 is 0 Å². The van der Waals surface area contributed by atoms with Crippen molar-refractivity contribution in [2.24, 2.45) is 23.3 Å². The van der Waals surface area contributed by atoms with Crippen LogP contribution < -0.4 is 26.3 Å². The normalized spacial score (nSPS) is 17.1. The number of benzene rings is 2. The third-order valence-corrected chi connectivity index (χ3v) is 11.5. The Kier molecular flexibility index (Phi) is 23.4. The predicted octanol–water partition coefficient (Wildman–Crippen LogP) is 8.11. The van der Waals surface area contributed by atoms with Gasteiger partial charge in [0.1, 0.15) is 29.9 Å². The smallest absolute Gasteiger partial charge is 0.226 e. The monoisotopic (exact) mass is 844 g/mol. The van der Waals surface area contributed by atoms with E-state index in [9.17, 15) is 29.2 Å². The van der Waals surface area contributed by atoms with Crippen molar-refractivity contribution in [3.63, 3.8) is 0 Å². The molecular formula is C49H73N5O7. The Labute approximate surface area is 364 Å². The highest BCUT2D eigenvalue weighted by Gasteiger charge is 2.36. The molecule has 61 heavy (non-hydrogen) atoms. The molecule has 2 aromatic rings. The summed E-state index contributed by atoms with van der Waals surface area (Å²) in [7, 11) is 1.56. The van der Waals surface area contributed by atoms with Crippen LogP contribution in [0.25, 0.3) is 11.1 Å². The topological polar surface area (TPSA) is 195 Å². The third kappa shape index (κ3) is 16.7. The summed E-state index contributed by atoms with van der Waals surface area (Å²) in [4.78, 5) is 71.0. The second kappa shape index (κ2) is 28.1. The van der Waals surface area contributed by atoms with Crippen LogP contribution in [0.4, 0.5) is 0 Å². The number of ether oxygens (including phenoxy) is 2. The lowest BCUT2D eigenvalue weighted by Gasteiger charge is -2.32. The zero-order chi connectivity index (χ0) is 44.6. The second-order valence-electron chi connectivity index (χ2n) is 16.7. The quantitative estimate of drug-likeness (QED) is 0.0740. The van der Waals surface area contributed by atoms with Gasteiger partial charge in [0, 0.05) is 68.7 Å². The van der Waals surface area contributed by atoms with Crippen molar-refractivity contribution in [1.82, 2.24) is 10.2 Å². The van der Waals surface area contributed by atoms with E-state index in [1.54, 1.807) is 26.1 Å². The highest BCUT2D eigenvalue weighted by atomic mass is 16.5. The lowest BCUT2D eigenvalue weighted by atomic mass is 9.88. The first-order chi connectivity index (χ1) is 29.5. The van der Waals surface area contributed by atoms with Gasteiger partial charge in [0.15, 0.2) is 11.6 Å². The highest BCUT2D eigenvalue weighted by Crippen LogP contribution is 2.41. The van der Waals surface area contributed by atoms with Crippen LogP contribution in [0.15, 0.2) is 36.4 Å². The molecule has 4 atom stereocenters. The van der Waals surface area contributed by atoms with Crippen molar-refractivity contribution in [2.75, 3.05) is 33.4 Å². The van der Waals surface area contributed by atoms with Crippen molar-refractivity contribution >= 4 is 29.2 Å². The molecule has 0 saturated heterocycles. The highest BCUT2D eigenvalue weighted by molar-refractivity contribution is 5.96. The largest absolute Gasteiger partial charge is 0.493 e. The van der Waals surface area contributed by atoms with Crippen LogP contribution in [-0.4, -0.2) is 73.5 Å². The van der Waals surface area contributed by atoms with E-state index in [4.69, 9.17) is 20.9 Å². The van der Waals surface area contributed by atoms with Gasteiger partial charge in [0.2, 0.25) is 11.8 Å². The van der Waals surface area contributed by atoms with Crippen molar-refractivity contribution < 1.29 is 33.4 Å². The fraction of sp³-hybridized carbons (Fsp3) is 0.633.